The standard InChI is InChI=1S/C22H27NO4/c24-21(19-15-9-10-16(12-15)20(19)22(25)26)23-17-6-4-5-14(11-17)13-27-18-7-2-1-3-8-18/h4-6,9-11,15-16,18-20H,1-3,7-8,12-13H2,(H,23,24)(H,25,26). The van der Waals surface area contributed by atoms with E-state index in [4.69, 9.17) is 4.74 Å². The van der Waals surface area contributed by atoms with Crippen molar-refractivity contribution < 1.29 is 19.4 Å². The maximum atomic E-state index is 12.8. The first-order valence-corrected chi connectivity index (χ1v) is 10.0. The SMILES string of the molecule is O=C(O)C1C2C=CC(C2)C1C(=O)Nc1cccc(COC2CCCCC2)c1. The molecule has 0 aromatic heterocycles. The quantitative estimate of drug-likeness (QED) is 0.743. The Morgan fingerprint density at radius 3 is 2.56 bits per heavy atom. The van der Waals surface area contributed by atoms with Crippen LogP contribution in [0.1, 0.15) is 44.1 Å². The Morgan fingerprint density at radius 2 is 1.81 bits per heavy atom. The second kappa shape index (κ2) is 7.85. The number of ether oxygens (including phenoxy) is 1. The average molecular weight is 369 g/mol. The number of amides is 1. The summed E-state index contributed by atoms with van der Waals surface area (Å²) in [6.45, 7) is 0.545. The van der Waals surface area contributed by atoms with Gasteiger partial charge >= 0.3 is 5.97 Å². The second-order valence-electron chi connectivity index (χ2n) is 8.10. The summed E-state index contributed by atoms with van der Waals surface area (Å²) in [6.07, 6.45) is 11.1. The number of anilines is 1. The third-order valence-corrected chi connectivity index (χ3v) is 6.28. The summed E-state index contributed by atoms with van der Waals surface area (Å²) < 4.78 is 6.02. The first-order valence-electron chi connectivity index (χ1n) is 10.0. The molecule has 2 fully saturated rings. The zero-order valence-electron chi connectivity index (χ0n) is 15.5. The van der Waals surface area contributed by atoms with Crippen LogP contribution >= 0.6 is 0 Å². The molecule has 0 heterocycles. The highest BCUT2D eigenvalue weighted by molar-refractivity contribution is 5.96. The maximum absolute atomic E-state index is 12.8. The minimum Gasteiger partial charge on any atom is -0.481 e. The van der Waals surface area contributed by atoms with E-state index in [-0.39, 0.29) is 17.7 Å². The van der Waals surface area contributed by atoms with E-state index in [9.17, 15) is 14.7 Å². The molecule has 2 bridgehead atoms. The normalized spacial score (nSPS) is 29.8. The number of rotatable bonds is 6. The fourth-order valence-corrected chi connectivity index (χ4v) is 4.93. The lowest BCUT2D eigenvalue weighted by Crippen LogP contribution is -2.36. The molecule has 1 aromatic carbocycles. The molecule has 0 saturated heterocycles. The van der Waals surface area contributed by atoms with Crippen LogP contribution in [0, 0.1) is 23.7 Å². The van der Waals surface area contributed by atoms with Crippen LogP contribution < -0.4 is 5.32 Å². The van der Waals surface area contributed by atoms with Crippen LogP contribution in [-0.4, -0.2) is 23.1 Å². The number of nitrogens with one attached hydrogen (secondary N) is 1. The Kier molecular flexibility index (Phi) is 5.30. The number of benzene rings is 1. The Hall–Kier alpha value is -2.14. The van der Waals surface area contributed by atoms with E-state index in [1.165, 1.54) is 19.3 Å². The van der Waals surface area contributed by atoms with E-state index < -0.39 is 17.8 Å². The van der Waals surface area contributed by atoms with Crippen molar-refractivity contribution in [2.24, 2.45) is 23.7 Å². The molecule has 2 saturated carbocycles. The number of carbonyl (C=O) groups excluding carboxylic acids is 1. The maximum Gasteiger partial charge on any atom is 0.307 e. The lowest BCUT2D eigenvalue weighted by molar-refractivity contribution is -0.146. The molecule has 5 heteroatoms. The van der Waals surface area contributed by atoms with Gasteiger partial charge in [-0.25, -0.2) is 0 Å². The van der Waals surface area contributed by atoms with E-state index >= 15 is 0 Å². The molecule has 4 rings (SSSR count). The summed E-state index contributed by atoms with van der Waals surface area (Å²) in [5.41, 5.74) is 1.74. The minimum absolute atomic E-state index is 0.0153. The lowest BCUT2D eigenvalue weighted by atomic mass is 9.82. The first kappa shape index (κ1) is 18.2. The van der Waals surface area contributed by atoms with Crippen LogP contribution in [0.25, 0.3) is 0 Å². The third-order valence-electron chi connectivity index (χ3n) is 6.28. The smallest absolute Gasteiger partial charge is 0.307 e. The molecule has 27 heavy (non-hydrogen) atoms. The van der Waals surface area contributed by atoms with E-state index in [1.807, 2.05) is 36.4 Å². The van der Waals surface area contributed by atoms with E-state index in [2.05, 4.69) is 5.32 Å². The molecular formula is C22H27NO4. The van der Waals surface area contributed by atoms with Crippen LogP contribution in [0.5, 0.6) is 0 Å². The van der Waals surface area contributed by atoms with Crippen molar-refractivity contribution in [3.8, 4) is 0 Å². The number of fused-ring (bicyclic) bond motifs is 2. The fraction of sp³-hybridized carbons (Fsp3) is 0.545. The van der Waals surface area contributed by atoms with Crippen molar-refractivity contribution in [2.45, 2.75) is 51.2 Å². The van der Waals surface area contributed by atoms with Crippen LogP contribution in [0.3, 0.4) is 0 Å². The van der Waals surface area contributed by atoms with Gasteiger partial charge in [-0.1, -0.05) is 43.5 Å². The second-order valence-corrected chi connectivity index (χ2v) is 8.10. The predicted molar refractivity (Wildman–Crippen MR) is 102 cm³/mol. The van der Waals surface area contributed by atoms with Gasteiger partial charge in [-0.15, -0.1) is 0 Å². The first-order chi connectivity index (χ1) is 13.1. The molecule has 2 N–H and O–H groups in total. The number of carbonyl (C=O) groups is 2. The number of carboxylic acid groups (broad SMARTS) is 1. The number of carboxylic acids is 1. The predicted octanol–water partition coefficient (Wildman–Crippen LogP) is 4.00. The summed E-state index contributed by atoms with van der Waals surface area (Å²) in [6, 6.07) is 7.68. The zero-order chi connectivity index (χ0) is 18.8. The molecule has 0 radical (unpaired) electrons. The van der Waals surface area contributed by atoms with Crippen LogP contribution in [0.4, 0.5) is 5.69 Å². The van der Waals surface area contributed by atoms with Crippen molar-refractivity contribution in [2.75, 3.05) is 5.32 Å². The van der Waals surface area contributed by atoms with Crippen molar-refractivity contribution in [1.82, 2.24) is 0 Å². The highest BCUT2D eigenvalue weighted by Crippen LogP contribution is 2.48. The number of allylic oxidation sites excluding steroid dienone is 2. The summed E-state index contributed by atoms with van der Waals surface area (Å²) >= 11 is 0. The van der Waals surface area contributed by atoms with Gasteiger partial charge in [0.25, 0.3) is 0 Å². The molecular weight excluding hydrogens is 342 g/mol. The van der Waals surface area contributed by atoms with Gasteiger partial charge in [0.05, 0.1) is 24.5 Å². The van der Waals surface area contributed by atoms with Gasteiger partial charge in [-0.2, -0.15) is 0 Å². The van der Waals surface area contributed by atoms with Crippen molar-refractivity contribution in [3.05, 3.63) is 42.0 Å². The van der Waals surface area contributed by atoms with E-state index in [0.29, 0.717) is 18.4 Å². The van der Waals surface area contributed by atoms with Crippen LogP contribution in [-0.2, 0) is 20.9 Å². The van der Waals surface area contributed by atoms with Gasteiger partial charge in [0.2, 0.25) is 5.91 Å². The van der Waals surface area contributed by atoms with Crippen LogP contribution in [0.15, 0.2) is 36.4 Å². The number of hydrogen-bond acceptors (Lipinski definition) is 3. The average Bonchev–Trinajstić information content (AvgIpc) is 3.29. The molecule has 0 spiro atoms. The van der Waals surface area contributed by atoms with Gasteiger partial charge in [0.15, 0.2) is 0 Å². The van der Waals surface area contributed by atoms with Gasteiger partial charge in [-0.3, -0.25) is 9.59 Å². The topological polar surface area (TPSA) is 75.6 Å². The number of aliphatic carboxylic acids is 1. The summed E-state index contributed by atoms with van der Waals surface area (Å²) in [4.78, 5) is 24.4. The highest BCUT2D eigenvalue weighted by atomic mass is 16.5. The fourth-order valence-electron chi connectivity index (χ4n) is 4.93. The molecule has 0 aliphatic heterocycles. The van der Waals surface area contributed by atoms with Crippen molar-refractivity contribution >= 4 is 17.6 Å². The Bertz CT molecular complexity index is 738. The molecule has 144 valence electrons. The van der Waals surface area contributed by atoms with Gasteiger partial charge in [0, 0.05) is 5.69 Å². The molecule has 5 nitrogen and oxygen atoms in total. The van der Waals surface area contributed by atoms with Gasteiger partial charge in [-0.05, 0) is 48.8 Å². The van der Waals surface area contributed by atoms with E-state index in [0.717, 1.165) is 24.8 Å². The van der Waals surface area contributed by atoms with Gasteiger partial charge in [0.1, 0.15) is 0 Å². The van der Waals surface area contributed by atoms with E-state index in [1.54, 1.807) is 0 Å². The Morgan fingerprint density at radius 1 is 1.07 bits per heavy atom. The highest BCUT2D eigenvalue weighted by Gasteiger charge is 2.51. The van der Waals surface area contributed by atoms with Crippen molar-refractivity contribution in [3.63, 3.8) is 0 Å². The molecule has 4 atom stereocenters. The minimum atomic E-state index is -0.873. The Labute approximate surface area is 159 Å². The monoisotopic (exact) mass is 369 g/mol. The summed E-state index contributed by atoms with van der Waals surface area (Å²) in [7, 11) is 0. The summed E-state index contributed by atoms with van der Waals surface area (Å²) in [5, 5.41) is 12.5. The zero-order valence-corrected chi connectivity index (χ0v) is 15.5. The van der Waals surface area contributed by atoms with Crippen molar-refractivity contribution in [1.29, 1.82) is 0 Å². The largest absolute Gasteiger partial charge is 0.481 e. The molecule has 3 aliphatic carbocycles. The number of hydrogen-bond donors (Lipinski definition) is 2. The summed E-state index contributed by atoms with van der Waals surface area (Å²) in [5.74, 6) is -2.14. The molecule has 4 unspecified atom stereocenters. The third kappa shape index (κ3) is 3.93. The lowest BCUT2D eigenvalue weighted by Gasteiger charge is -2.24. The molecule has 1 aromatic rings. The van der Waals surface area contributed by atoms with Crippen LogP contribution in [0.2, 0.25) is 0 Å². The van der Waals surface area contributed by atoms with Gasteiger partial charge < -0.3 is 15.2 Å². The molecule has 3 aliphatic rings. The Balaban J connectivity index is 1.38. The molecule has 1 amide bonds.